The molecule has 0 spiro atoms. The zero-order chi connectivity index (χ0) is 24.3. The zero-order valence-corrected chi connectivity index (χ0v) is 19.0. The summed E-state index contributed by atoms with van der Waals surface area (Å²) in [6, 6.07) is -1.73. The Kier molecular flexibility index (Phi) is 7.68. The molecule has 33 heavy (non-hydrogen) atoms. The Balaban J connectivity index is 1.66. The number of carbonyl (C=O) groups excluding carboxylic acids is 2. The summed E-state index contributed by atoms with van der Waals surface area (Å²) in [6.45, 7) is 0.414. The maximum Gasteiger partial charge on any atom is 0.395 e. The molecule has 0 radical (unpaired) electrons. The lowest BCUT2D eigenvalue weighted by Crippen LogP contribution is -2.70. The number of urea groups is 1. The van der Waals surface area contributed by atoms with Crippen LogP contribution in [-0.2, 0) is 16.1 Å². The first-order valence-electron chi connectivity index (χ1n) is 9.16. The number of primary amides is 1. The molecule has 1 fully saturated rings. The summed E-state index contributed by atoms with van der Waals surface area (Å²) in [4.78, 5) is 35.7. The van der Waals surface area contributed by atoms with Gasteiger partial charge in [0.25, 0.3) is 5.91 Å². The quantitative estimate of drug-likeness (QED) is 0.193. The highest BCUT2D eigenvalue weighted by Gasteiger charge is 2.54. The fourth-order valence-corrected chi connectivity index (χ4v) is 5.76. The number of halogens is 3. The summed E-state index contributed by atoms with van der Waals surface area (Å²) in [5.74, 6) is -1.61. The topological polar surface area (TPSA) is 168 Å². The van der Waals surface area contributed by atoms with Crippen LogP contribution in [-0.4, -0.2) is 88.8 Å². The molecule has 3 amide bonds. The van der Waals surface area contributed by atoms with E-state index in [1.165, 1.54) is 16.4 Å². The summed E-state index contributed by atoms with van der Waals surface area (Å²) in [5, 5.41) is 25.3. The number of amides is 3. The number of thiocarbonyl (C=S) groups is 1. The van der Waals surface area contributed by atoms with E-state index in [0.29, 0.717) is 10.7 Å². The number of carbonyl (C=O) groups is 3. The number of hydrogen-bond donors (Lipinski definition) is 4. The number of β-lactam (4-membered cyclic amide) rings is 1. The van der Waals surface area contributed by atoms with Gasteiger partial charge in [-0.3, -0.25) is 9.69 Å². The molecule has 1 aromatic rings. The van der Waals surface area contributed by atoms with E-state index in [-0.39, 0.29) is 30.3 Å². The molecule has 0 saturated carbocycles. The second-order valence-corrected chi connectivity index (χ2v) is 9.31. The number of aromatic nitrogens is 4. The van der Waals surface area contributed by atoms with Gasteiger partial charge in [0, 0.05) is 18.1 Å². The van der Waals surface area contributed by atoms with Crippen molar-refractivity contribution in [1.29, 1.82) is 0 Å². The fraction of sp³-hybridized carbons (Fsp3) is 0.533. The number of alkyl halides is 3. The molecular formula is C15H17F3N8O4S3. The highest BCUT2D eigenvalue weighted by molar-refractivity contribution is 8.01. The van der Waals surface area contributed by atoms with E-state index in [1.807, 2.05) is 0 Å². The zero-order valence-electron chi connectivity index (χ0n) is 16.5. The maximum absolute atomic E-state index is 12.5. The number of rotatable bonds is 9. The van der Waals surface area contributed by atoms with Crippen molar-refractivity contribution in [2.45, 2.75) is 35.7 Å². The second kappa shape index (κ2) is 10.1. The molecule has 1 aromatic heterocycles. The van der Waals surface area contributed by atoms with E-state index in [1.54, 1.807) is 0 Å². The minimum absolute atomic E-state index is 0.152. The van der Waals surface area contributed by atoms with Gasteiger partial charge in [-0.25, -0.2) is 14.3 Å². The highest BCUT2D eigenvalue weighted by Crippen LogP contribution is 2.41. The first-order chi connectivity index (χ1) is 15.5. The standard InChI is InChI=1S/C15H17F3N8O4S3/c16-15(17,18)3-7(31)21-8-10(27)26-9(12(28)29)6(4-32-11(8)26)5-33-14-22-23-24-25(14)2-1-20-13(19)30/h8,11H,1-5H2,(H,21,31)(H,28,29)(H3,19,20,30)/t8?,11-/m1/s1. The van der Waals surface area contributed by atoms with Crippen LogP contribution in [0.2, 0.25) is 0 Å². The largest absolute Gasteiger partial charge is 0.477 e. The van der Waals surface area contributed by atoms with E-state index in [9.17, 15) is 32.7 Å². The molecule has 2 atom stereocenters. The van der Waals surface area contributed by atoms with Crippen LogP contribution in [0.4, 0.5) is 18.0 Å². The molecule has 0 aliphatic carbocycles. The summed E-state index contributed by atoms with van der Waals surface area (Å²) in [6.07, 6.45) is -5.88. The number of nitrogens with zero attached hydrogens (tertiary/aromatic N) is 5. The number of aliphatic carboxylic acids is 1. The third kappa shape index (κ3) is 6.05. The van der Waals surface area contributed by atoms with Crippen molar-refractivity contribution in [3.05, 3.63) is 11.3 Å². The van der Waals surface area contributed by atoms with Crippen molar-refractivity contribution in [2.24, 2.45) is 5.73 Å². The van der Waals surface area contributed by atoms with Gasteiger partial charge in [-0.2, -0.15) is 13.2 Å². The molecule has 3 rings (SSSR count). The molecule has 2 aliphatic rings. The van der Waals surface area contributed by atoms with Gasteiger partial charge >= 0.3 is 18.2 Å². The van der Waals surface area contributed by atoms with Crippen LogP contribution in [0.1, 0.15) is 6.42 Å². The molecule has 1 saturated heterocycles. The fourth-order valence-electron chi connectivity index (χ4n) is 3.08. The number of carboxylic acids is 1. The molecular weight excluding hydrogens is 509 g/mol. The lowest BCUT2D eigenvalue weighted by molar-refractivity contribution is -0.148. The number of fused-ring (bicyclic) bond motifs is 1. The van der Waals surface area contributed by atoms with E-state index in [4.69, 9.17) is 5.73 Å². The highest BCUT2D eigenvalue weighted by atomic mass is 32.2. The smallest absolute Gasteiger partial charge is 0.395 e. The van der Waals surface area contributed by atoms with Gasteiger partial charge in [-0.05, 0) is 16.0 Å². The summed E-state index contributed by atoms with van der Waals surface area (Å²) >= 11 is 7.03. The van der Waals surface area contributed by atoms with Gasteiger partial charge in [0.05, 0.1) is 18.0 Å². The van der Waals surface area contributed by atoms with Gasteiger partial charge in [0.15, 0.2) is 0 Å². The van der Waals surface area contributed by atoms with Crippen molar-refractivity contribution >= 4 is 58.6 Å². The number of nitrogens with two attached hydrogens (primary N) is 1. The minimum Gasteiger partial charge on any atom is -0.477 e. The van der Waals surface area contributed by atoms with Crippen molar-refractivity contribution < 1.29 is 32.7 Å². The third-order valence-electron chi connectivity index (χ3n) is 4.42. The van der Waals surface area contributed by atoms with E-state index < -0.39 is 46.9 Å². The Morgan fingerprint density at radius 1 is 1.39 bits per heavy atom. The average Bonchev–Trinajstić information content (AvgIpc) is 3.15. The number of thioether (sulfide) groups is 2. The minimum atomic E-state index is -4.52. The Labute approximate surface area is 197 Å². The number of hydrogen-bond acceptors (Lipinski definition) is 9. The monoisotopic (exact) mass is 526 g/mol. The van der Waals surface area contributed by atoms with Gasteiger partial charge in [-0.1, -0.05) is 24.0 Å². The maximum atomic E-state index is 12.5. The lowest BCUT2D eigenvalue weighted by Gasteiger charge is -2.49. The van der Waals surface area contributed by atoms with Crippen molar-refractivity contribution in [1.82, 2.24) is 35.7 Å². The summed E-state index contributed by atoms with van der Waals surface area (Å²) in [5.41, 5.74) is 5.22. The SMILES string of the molecule is NC(=O)NCCn1nnnc1SCC1=C(C(=O)O)N2C(=O)C(NC(=S)CC(F)(F)F)[C@H]2SC1. The van der Waals surface area contributed by atoms with Crippen LogP contribution < -0.4 is 16.4 Å². The van der Waals surface area contributed by atoms with Crippen LogP contribution in [0, 0.1) is 0 Å². The summed E-state index contributed by atoms with van der Waals surface area (Å²) in [7, 11) is 0. The van der Waals surface area contributed by atoms with Crippen LogP contribution in [0.15, 0.2) is 16.4 Å². The lowest BCUT2D eigenvalue weighted by atomic mass is 10.0. The second-order valence-electron chi connectivity index (χ2n) is 6.77. The van der Waals surface area contributed by atoms with E-state index >= 15 is 0 Å². The van der Waals surface area contributed by atoms with Gasteiger partial charge in [0.2, 0.25) is 5.16 Å². The first kappa shape index (κ1) is 25.0. The predicted molar refractivity (Wildman–Crippen MR) is 114 cm³/mol. The molecule has 0 bridgehead atoms. The van der Waals surface area contributed by atoms with Crippen LogP contribution in [0.3, 0.4) is 0 Å². The van der Waals surface area contributed by atoms with Crippen molar-refractivity contribution in [3.8, 4) is 0 Å². The molecule has 2 aliphatic heterocycles. The molecule has 18 heteroatoms. The Bertz CT molecular complexity index is 1000. The van der Waals surface area contributed by atoms with E-state index in [2.05, 4.69) is 38.4 Å². The average molecular weight is 527 g/mol. The Morgan fingerprint density at radius 2 is 2.12 bits per heavy atom. The molecule has 3 heterocycles. The molecule has 0 aromatic carbocycles. The molecule has 5 N–H and O–H groups in total. The number of nitrogens with one attached hydrogen (secondary N) is 2. The van der Waals surface area contributed by atoms with Crippen LogP contribution in [0.25, 0.3) is 0 Å². The van der Waals surface area contributed by atoms with Gasteiger partial charge < -0.3 is 21.5 Å². The van der Waals surface area contributed by atoms with Crippen molar-refractivity contribution in [2.75, 3.05) is 18.1 Å². The van der Waals surface area contributed by atoms with Crippen molar-refractivity contribution in [3.63, 3.8) is 0 Å². The third-order valence-corrected chi connectivity index (χ3v) is 7.07. The Morgan fingerprint density at radius 3 is 2.76 bits per heavy atom. The molecule has 12 nitrogen and oxygen atoms in total. The number of tetrazole rings is 1. The van der Waals surface area contributed by atoms with Gasteiger partial charge in [0.1, 0.15) is 17.1 Å². The van der Waals surface area contributed by atoms with Crippen LogP contribution >= 0.6 is 35.7 Å². The number of carboxylic acid groups (broad SMARTS) is 1. The first-order valence-corrected chi connectivity index (χ1v) is 11.6. The molecule has 180 valence electrons. The van der Waals surface area contributed by atoms with E-state index in [0.717, 1.165) is 16.7 Å². The van der Waals surface area contributed by atoms with Gasteiger partial charge in [-0.15, -0.1) is 16.9 Å². The normalized spacial score (nSPS) is 20.2. The molecule has 1 unspecified atom stereocenters. The summed E-state index contributed by atoms with van der Waals surface area (Å²) < 4.78 is 38.9. The van der Waals surface area contributed by atoms with Crippen LogP contribution in [0.5, 0.6) is 0 Å². The Hall–Kier alpha value is -2.60. The predicted octanol–water partition coefficient (Wildman–Crippen LogP) is -0.0747.